The number of hydrogen-bond acceptors (Lipinski definition) is 6. The highest BCUT2D eigenvalue weighted by Gasteiger charge is 2.31. The van der Waals surface area contributed by atoms with Crippen LogP contribution in [-0.4, -0.2) is 65.9 Å². The number of unbranched alkanes of at least 4 members (excludes halogenated alkanes) is 4. The molecular weight excluding hydrogens is 526 g/mol. The summed E-state index contributed by atoms with van der Waals surface area (Å²) < 4.78 is 6.25. The van der Waals surface area contributed by atoms with E-state index in [0.29, 0.717) is 29.3 Å². The molecule has 2 aliphatic rings. The smallest absolute Gasteiger partial charge is 0.257 e. The summed E-state index contributed by atoms with van der Waals surface area (Å²) in [7, 11) is 0. The van der Waals surface area contributed by atoms with Gasteiger partial charge < -0.3 is 15.0 Å². The number of carbonyl (C=O) groups is 2. The second-order valence-electron chi connectivity index (χ2n) is 11.1. The molecule has 8 heteroatoms. The minimum Gasteiger partial charge on any atom is -0.493 e. The van der Waals surface area contributed by atoms with Crippen LogP contribution in [0.3, 0.4) is 0 Å². The summed E-state index contributed by atoms with van der Waals surface area (Å²) in [5.74, 6) is 1.05. The third-order valence-electron chi connectivity index (χ3n) is 8.32. The number of amides is 2. The van der Waals surface area contributed by atoms with Crippen molar-refractivity contribution in [1.29, 1.82) is 0 Å². The largest absolute Gasteiger partial charge is 0.493 e. The van der Waals surface area contributed by atoms with Crippen molar-refractivity contribution < 1.29 is 14.3 Å². The Balaban J connectivity index is 1.17. The first-order valence-corrected chi connectivity index (χ1v) is 15.5. The molecule has 3 heterocycles. The molecule has 0 saturated carbocycles. The lowest BCUT2D eigenvalue weighted by atomic mass is 9.98. The van der Waals surface area contributed by atoms with Crippen LogP contribution in [0.5, 0.6) is 5.75 Å². The third kappa shape index (κ3) is 6.99. The number of para-hydroxylation sites is 1. The molecule has 0 spiro atoms. The van der Waals surface area contributed by atoms with Gasteiger partial charge >= 0.3 is 0 Å². The van der Waals surface area contributed by atoms with Crippen LogP contribution in [-0.2, 0) is 17.8 Å². The van der Waals surface area contributed by atoms with Crippen molar-refractivity contribution in [2.24, 2.45) is 0 Å². The monoisotopic (exact) mass is 569 g/mol. The summed E-state index contributed by atoms with van der Waals surface area (Å²) in [5.41, 5.74) is 3.98. The number of rotatable bonds is 13. The van der Waals surface area contributed by atoms with E-state index in [1.807, 2.05) is 6.07 Å². The number of benzene rings is 2. The lowest BCUT2D eigenvalue weighted by Gasteiger charge is -2.31. The Hall–Kier alpha value is -3.75. The maximum Gasteiger partial charge on any atom is 0.257 e. The molecular formula is C34H43N5O3. The van der Waals surface area contributed by atoms with E-state index in [1.54, 1.807) is 41.4 Å². The molecule has 0 aliphatic carbocycles. The number of pyridine rings is 1. The molecule has 0 bridgehead atoms. The molecule has 1 aromatic heterocycles. The Morgan fingerprint density at radius 3 is 2.64 bits per heavy atom. The van der Waals surface area contributed by atoms with E-state index in [2.05, 4.69) is 52.1 Å². The van der Waals surface area contributed by atoms with Gasteiger partial charge in [0.1, 0.15) is 5.75 Å². The molecule has 1 N–H and O–H groups in total. The van der Waals surface area contributed by atoms with Crippen LogP contribution in [0.1, 0.15) is 67.4 Å². The van der Waals surface area contributed by atoms with Crippen LogP contribution in [0.25, 0.3) is 0 Å². The number of fused-ring (bicyclic) bond motifs is 3. The number of anilines is 3. The number of hydrogen-bond donors (Lipinski definition) is 1. The third-order valence-corrected chi connectivity index (χ3v) is 8.32. The maximum atomic E-state index is 13.8. The number of nitrogens with zero attached hydrogens (tertiary/aromatic N) is 4. The van der Waals surface area contributed by atoms with Crippen LogP contribution in [0.2, 0.25) is 0 Å². The summed E-state index contributed by atoms with van der Waals surface area (Å²) in [6, 6.07) is 17.0. The number of carbonyl (C=O) groups excluding carboxylic acids is 2. The summed E-state index contributed by atoms with van der Waals surface area (Å²) in [6.07, 6.45) is 8.55. The van der Waals surface area contributed by atoms with E-state index < -0.39 is 0 Å². The predicted octanol–water partition coefficient (Wildman–Crippen LogP) is 6.04. The minimum absolute atomic E-state index is 0.119. The zero-order valence-corrected chi connectivity index (χ0v) is 25.0. The lowest BCUT2D eigenvalue weighted by molar-refractivity contribution is -0.119. The Morgan fingerprint density at radius 2 is 1.79 bits per heavy atom. The van der Waals surface area contributed by atoms with Gasteiger partial charge in [-0.05, 0) is 80.4 Å². The molecule has 3 aromatic rings. The highest BCUT2D eigenvalue weighted by Crippen LogP contribution is 2.36. The van der Waals surface area contributed by atoms with Crippen molar-refractivity contribution >= 4 is 29.0 Å². The molecule has 2 aromatic carbocycles. The molecule has 0 atom stereocenters. The van der Waals surface area contributed by atoms with Crippen LogP contribution in [0, 0.1) is 0 Å². The van der Waals surface area contributed by atoms with Crippen molar-refractivity contribution in [3.63, 3.8) is 0 Å². The van der Waals surface area contributed by atoms with Gasteiger partial charge in [0.15, 0.2) is 5.82 Å². The Kier molecular flexibility index (Phi) is 10.2. The van der Waals surface area contributed by atoms with Gasteiger partial charge in [-0.1, -0.05) is 57.4 Å². The predicted molar refractivity (Wildman–Crippen MR) is 168 cm³/mol. The Bertz CT molecular complexity index is 1370. The summed E-state index contributed by atoms with van der Waals surface area (Å²) in [4.78, 5) is 37.4. The van der Waals surface area contributed by atoms with E-state index in [1.165, 1.54) is 43.4 Å². The van der Waals surface area contributed by atoms with Crippen LogP contribution < -0.4 is 15.0 Å². The molecule has 5 rings (SSSR count). The Labute approximate surface area is 249 Å². The molecule has 0 unspecified atom stereocenters. The molecule has 0 saturated heterocycles. The standard InChI is InChI=1S/C34H43N5O3/c1-3-37(4-2)21-10-6-5-7-11-23-42-31-18-12-14-26-24-38(22-19-27(26)31)25-32(40)39-30-17-9-8-15-28(30)34(41)36-29-16-13-20-35-33(29)39/h8-9,12-18,20H,3-7,10-11,19,21-25H2,1-2H3,(H,36,41). The highest BCUT2D eigenvalue weighted by molar-refractivity contribution is 6.17. The van der Waals surface area contributed by atoms with E-state index in [9.17, 15) is 9.59 Å². The molecule has 0 fully saturated rings. The summed E-state index contributed by atoms with van der Waals surface area (Å²) in [5, 5.41) is 2.90. The van der Waals surface area contributed by atoms with Gasteiger partial charge in [0.05, 0.1) is 30.1 Å². The van der Waals surface area contributed by atoms with Crippen molar-refractivity contribution in [2.45, 2.75) is 58.9 Å². The fraction of sp³-hybridized carbons (Fsp3) is 0.441. The highest BCUT2D eigenvalue weighted by atomic mass is 16.5. The minimum atomic E-state index is -0.245. The van der Waals surface area contributed by atoms with Gasteiger partial charge in [0.2, 0.25) is 5.91 Å². The normalized spacial score (nSPS) is 14.5. The van der Waals surface area contributed by atoms with Crippen LogP contribution >= 0.6 is 0 Å². The molecule has 8 nitrogen and oxygen atoms in total. The van der Waals surface area contributed by atoms with Gasteiger partial charge in [-0.3, -0.25) is 19.4 Å². The van der Waals surface area contributed by atoms with Gasteiger partial charge in [-0.15, -0.1) is 0 Å². The average Bonchev–Trinajstić information content (AvgIpc) is 3.14. The van der Waals surface area contributed by atoms with Gasteiger partial charge in [-0.2, -0.15) is 0 Å². The van der Waals surface area contributed by atoms with E-state index in [-0.39, 0.29) is 18.4 Å². The average molecular weight is 570 g/mol. The molecule has 0 radical (unpaired) electrons. The zero-order valence-electron chi connectivity index (χ0n) is 25.0. The van der Waals surface area contributed by atoms with Gasteiger partial charge in [0, 0.05) is 19.3 Å². The Morgan fingerprint density at radius 1 is 0.976 bits per heavy atom. The fourth-order valence-corrected chi connectivity index (χ4v) is 5.94. The van der Waals surface area contributed by atoms with E-state index in [4.69, 9.17) is 4.74 Å². The SMILES string of the molecule is CCN(CC)CCCCCCCOc1cccc2c1CCN(CC(=O)N1c3ccccc3C(=O)Nc3cccnc31)C2. The summed E-state index contributed by atoms with van der Waals surface area (Å²) >= 11 is 0. The summed E-state index contributed by atoms with van der Waals surface area (Å²) in [6.45, 7) is 10.3. The fourth-order valence-electron chi connectivity index (χ4n) is 5.94. The maximum absolute atomic E-state index is 13.8. The lowest BCUT2D eigenvalue weighted by Crippen LogP contribution is -2.41. The van der Waals surface area contributed by atoms with E-state index in [0.717, 1.165) is 44.8 Å². The van der Waals surface area contributed by atoms with Crippen molar-refractivity contribution in [2.75, 3.05) is 49.5 Å². The van der Waals surface area contributed by atoms with Crippen molar-refractivity contribution in [3.8, 4) is 5.75 Å². The zero-order chi connectivity index (χ0) is 29.3. The first-order valence-electron chi connectivity index (χ1n) is 15.5. The molecule has 222 valence electrons. The van der Waals surface area contributed by atoms with Crippen molar-refractivity contribution in [3.05, 3.63) is 77.5 Å². The number of nitrogens with one attached hydrogen (secondary N) is 1. The van der Waals surface area contributed by atoms with Gasteiger partial charge in [-0.25, -0.2) is 4.98 Å². The second kappa shape index (κ2) is 14.4. The molecule has 42 heavy (non-hydrogen) atoms. The van der Waals surface area contributed by atoms with Crippen LogP contribution in [0.15, 0.2) is 60.8 Å². The molecule has 2 amide bonds. The van der Waals surface area contributed by atoms with Crippen LogP contribution in [0.4, 0.5) is 17.2 Å². The number of aromatic nitrogens is 1. The van der Waals surface area contributed by atoms with Gasteiger partial charge in [0.25, 0.3) is 5.91 Å². The first kappa shape index (κ1) is 29.7. The first-order chi connectivity index (χ1) is 20.6. The van der Waals surface area contributed by atoms with Crippen molar-refractivity contribution in [1.82, 2.24) is 14.8 Å². The van der Waals surface area contributed by atoms with E-state index >= 15 is 0 Å². The topological polar surface area (TPSA) is 78.0 Å². The number of ether oxygens (including phenoxy) is 1. The second-order valence-corrected chi connectivity index (χ2v) is 11.1. The molecule has 2 aliphatic heterocycles. The quantitative estimate of drug-likeness (QED) is 0.253.